The highest BCUT2D eigenvalue weighted by atomic mass is 16.1. The predicted molar refractivity (Wildman–Crippen MR) is 43.0 cm³/mol. The molecule has 2 rings (SSSR count). The molecule has 0 aromatic carbocycles. The molecule has 62 valence electrons. The van der Waals surface area contributed by atoms with Gasteiger partial charge < -0.3 is 10.5 Å². The van der Waals surface area contributed by atoms with Crippen LogP contribution in [0.25, 0.3) is 0 Å². The maximum atomic E-state index is 10.5. The van der Waals surface area contributed by atoms with Crippen molar-refractivity contribution in [1.29, 1.82) is 0 Å². The molecule has 1 unspecified atom stereocenters. The van der Waals surface area contributed by atoms with E-state index in [0.717, 1.165) is 18.1 Å². The number of nitrogens with two attached hydrogens (primary N) is 1. The van der Waals surface area contributed by atoms with E-state index in [4.69, 9.17) is 5.73 Å². The van der Waals surface area contributed by atoms with Gasteiger partial charge in [0, 0.05) is 0 Å². The van der Waals surface area contributed by atoms with Gasteiger partial charge in [-0.2, -0.15) is 0 Å². The molecule has 11 heavy (non-hydrogen) atoms. The summed E-state index contributed by atoms with van der Waals surface area (Å²) in [6.07, 6.45) is 6.16. The molecule has 0 aromatic rings. The van der Waals surface area contributed by atoms with Crippen LogP contribution in [0, 0.1) is 17.8 Å². The van der Waals surface area contributed by atoms with Crippen LogP contribution in [-0.2, 0) is 4.79 Å². The third-order valence-electron chi connectivity index (χ3n) is 2.93. The average molecular weight is 153 g/mol. The highest BCUT2D eigenvalue weighted by Crippen LogP contribution is 2.49. The highest BCUT2D eigenvalue weighted by Gasteiger charge is 2.44. The van der Waals surface area contributed by atoms with E-state index in [1.54, 1.807) is 0 Å². The van der Waals surface area contributed by atoms with Crippen LogP contribution >= 0.6 is 0 Å². The van der Waals surface area contributed by atoms with Crippen molar-refractivity contribution in [2.45, 2.75) is 31.7 Å². The molecule has 2 heteroatoms. The Morgan fingerprint density at radius 2 is 1.64 bits per heavy atom. The minimum Gasteiger partial charge on any atom is -0.322 e. The van der Waals surface area contributed by atoms with Gasteiger partial charge in [0.05, 0.1) is 6.04 Å². The number of hydrogen-bond donors (Lipinski definition) is 1. The summed E-state index contributed by atoms with van der Waals surface area (Å²) in [7, 11) is 0. The summed E-state index contributed by atoms with van der Waals surface area (Å²) >= 11 is 0. The first kappa shape index (κ1) is 7.29. The second-order valence-electron chi connectivity index (χ2n) is 3.97. The minimum absolute atomic E-state index is 0.171. The second-order valence-corrected chi connectivity index (χ2v) is 3.97. The van der Waals surface area contributed by atoms with Crippen molar-refractivity contribution in [3.05, 3.63) is 0 Å². The molecule has 0 heterocycles. The number of carbonyl (C=O) groups is 1. The lowest BCUT2D eigenvalue weighted by Gasteiger charge is -2.17. The highest BCUT2D eigenvalue weighted by molar-refractivity contribution is 5.58. The lowest BCUT2D eigenvalue weighted by atomic mass is 9.91. The Hall–Kier alpha value is -0.370. The van der Waals surface area contributed by atoms with Crippen molar-refractivity contribution in [2.24, 2.45) is 23.5 Å². The van der Waals surface area contributed by atoms with Crippen LogP contribution in [0.5, 0.6) is 0 Å². The van der Waals surface area contributed by atoms with Gasteiger partial charge in [0.1, 0.15) is 6.29 Å². The zero-order valence-corrected chi connectivity index (χ0v) is 6.70. The van der Waals surface area contributed by atoms with Crippen LogP contribution < -0.4 is 5.73 Å². The van der Waals surface area contributed by atoms with Gasteiger partial charge in [-0.3, -0.25) is 0 Å². The standard InChI is InChI=1S/C9H15NO/c10-8(5-11)9(6-1-2-6)7-3-4-7/h5-9H,1-4,10H2. The first-order valence-electron chi connectivity index (χ1n) is 4.54. The lowest BCUT2D eigenvalue weighted by molar-refractivity contribution is -0.110. The van der Waals surface area contributed by atoms with E-state index in [0.29, 0.717) is 5.92 Å². The summed E-state index contributed by atoms with van der Waals surface area (Å²) in [5.74, 6) is 2.12. The van der Waals surface area contributed by atoms with Crippen LogP contribution in [-0.4, -0.2) is 12.3 Å². The van der Waals surface area contributed by atoms with Gasteiger partial charge in [0.2, 0.25) is 0 Å². The number of hydrogen-bond acceptors (Lipinski definition) is 2. The number of rotatable bonds is 4. The average Bonchev–Trinajstić information content (AvgIpc) is 2.81. The molecule has 0 bridgehead atoms. The summed E-state index contributed by atoms with van der Waals surface area (Å²) in [4.78, 5) is 10.5. The molecule has 2 nitrogen and oxygen atoms in total. The molecule has 0 aromatic heterocycles. The van der Waals surface area contributed by atoms with Crippen molar-refractivity contribution < 1.29 is 4.79 Å². The van der Waals surface area contributed by atoms with Crippen molar-refractivity contribution >= 4 is 6.29 Å². The Balaban J connectivity index is 1.95. The predicted octanol–water partition coefficient (Wildman–Crippen LogP) is 0.949. The fourth-order valence-corrected chi connectivity index (χ4v) is 2.07. The Labute approximate surface area is 67.1 Å². The van der Waals surface area contributed by atoms with Gasteiger partial charge in [0.25, 0.3) is 0 Å². The number of aldehydes is 1. The zero-order chi connectivity index (χ0) is 7.84. The van der Waals surface area contributed by atoms with Gasteiger partial charge in [-0.15, -0.1) is 0 Å². The molecule has 0 saturated heterocycles. The molecular weight excluding hydrogens is 138 g/mol. The van der Waals surface area contributed by atoms with E-state index in [-0.39, 0.29) is 6.04 Å². The van der Waals surface area contributed by atoms with Gasteiger partial charge >= 0.3 is 0 Å². The van der Waals surface area contributed by atoms with Gasteiger partial charge in [0.15, 0.2) is 0 Å². The molecule has 1 atom stereocenters. The quantitative estimate of drug-likeness (QED) is 0.611. The van der Waals surface area contributed by atoms with Crippen molar-refractivity contribution in [2.75, 3.05) is 0 Å². The van der Waals surface area contributed by atoms with E-state index >= 15 is 0 Å². The minimum atomic E-state index is -0.171. The molecule has 0 spiro atoms. The Bertz CT molecular complexity index is 149. The molecule has 2 fully saturated rings. The fraction of sp³-hybridized carbons (Fsp3) is 0.889. The van der Waals surface area contributed by atoms with Crippen molar-refractivity contribution in [3.8, 4) is 0 Å². The Morgan fingerprint density at radius 1 is 1.18 bits per heavy atom. The molecule has 2 saturated carbocycles. The molecule has 2 aliphatic rings. The molecule has 0 amide bonds. The Morgan fingerprint density at radius 3 is 1.91 bits per heavy atom. The van der Waals surface area contributed by atoms with Crippen LogP contribution in [0.4, 0.5) is 0 Å². The maximum absolute atomic E-state index is 10.5. The third-order valence-corrected chi connectivity index (χ3v) is 2.93. The first-order chi connectivity index (χ1) is 5.33. The molecule has 0 aliphatic heterocycles. The summed E-state index contributed by atoms with van der Waals surface area (Å²) in [6, 6.07) is -0.171. The lowest BCUT2D eigenvalue weighted by Crippen LogP contribution is -2.34. The molecular formula is C9H15NO. The van der Waals surface area contributed by atoms with E-state index in [2.05, 4.69) is 0 Å². The largest absolute Gasteiger partial charge is 0.322 e. The number of carbonyl (C=O) groups excluding carboxylic acids is 1. The summed E-state index contributed by atoms with van der Waals surface area (Å²) in [5.41, 5.74) is 5.73. The van der Waals surface area contributed by atoms with Crippen LogP contribution in [0.3, 0.4) is 0 Å². The molecule has 0 radical (unpaired) electrons. The van der Waals surface area contributed by atoms with Gasteiger partial charge in [-0.05, 0) is 43.4 Å². The fourth-order valence-electron chi connectivity index (χ4n) is 2.07. The topological polar surface area (TPSA) is 43.1 Å². The van der Waals surface area contributed by atoms with E-state index in [1.165, 1.54) is 25.7 Å². The zero-order valence-electron chi connectivity index (χ0n) is 6.70. The van der Waals surface area contributed by atoms with Crippen LogP contribution in [0.2, 0.25) is 0 Å². The first-order valence-corrected chi connectivity index (χ1v) is 4.54. The van der Waals surface area contributed by atoms with Crippen LogP contribution in [0.1, 0.15) is 25.7 Å². The maximum Gasteiger partial charge on any atom is 0.136 e. The van der Waals surface area contributed by atoms with E-state index < -0.39 is 0 Å². The van der Waals surface area contributed by atoms with Crippen molar-refractivity contribution in [1.82, 2.24) is 0 Å². The molecule has 2 aliphatic carbocycles. The van der Waals surface area contributed by atoms with Gasteiger partial charge in [-0.25, -0.2) is 0 Å². The summed E-state index contributed by atoms with van der Waals surface area (Å²) < 4.78 is 0. The SMILES string of the molecule is NC(C=O)C(C1CC1)C1CC1. The third kappa shape index (κ3) is 1.45. The monoisotopic (exact) mass is 153 g/mol. The molecule has 2 N–H and O–H groups in total. The van der Waals surface area contributed by atoms with Crippen LogP contribution in [0.15, 0.2) is 0 Å². The van der Waals surface area contributed by atoms with E-state index in [9.17, 15) is 4.79 Å². The Kier molecular flexibility index (Phi) is 1.72. The smallest absolute Gasteiger partial charge is 0.136 e. The summed E-state index contributed by atoms with van der Waals surface area (Å²) in [6.45, 7) is 0. The van der Waals surface area contributed by atoms with Crippen molar-refractivity contribution in [3.63, 3.8) is 0 Å². The van der Waals surface area contributed by atoms with Gasteiger partial charge in [-0.1, -0.05) is 0 Å². The second kappa shape index (κ2) is 2.59. The normalized spacial score (nSPS) is 27.1. The van der Waals surface area contributed by atoms with E-state index in [1.807, 2.05) is 0 Å². The summed E-state index contributed by atoms with van der Waals surface area (Å²) in [5, 5.41) is 0.